The molecule has 0 saturated heterocycles. The van der Waals surface area contributed by atoms with Crippen molar-refractivity contribution in [2.45, 2.75) is 13.8 Å². The normalized spacial score (nSPS) is 18.2. The SMILES string of the molecule is CC1=N/C(=C(\C)c2ccc(Cl)cc2)C(=O)O1. The van der Waals surface area contributed by atoms with Crippen LogP contribution in [0.4, 0.5) is 0 Å². The van der Waals surface area contributed by atoms with Gasteiger partial charge in [-0.3, -0.25) is 0 Å². The summed E-state index contributed by atoms with van der Waals surface area (Å²) in [7, 11) is 0. The Morgan fingerprint density at radius 2 is 1.94 bits per heavy atom. The zero-order valence-corrected chi connectivity index (χ0v) is 9.71. The number of cyclic esters (lactones) is 1. The van der Waals surface area contributed by atoms with Crippen LogP contribution < -0.4 is 0 Å². The zero-order valence-electron chi connectivity index (χ0n) is 8.95. The number of esters is 1. The van der Waals surface area contributed by atoms with Gasteiger partial charge in [0.1, 0.15) is 0 Å². The quantitative estimate of drug-likeness (QED) is 0.554. The maximum atomic E-state index is 11.4. The van der Waals surface area contributed by atoms with E-state index < -0.39 is 5.97 Å². The van der Waals surface area contributed by atoms with Crippen LogP contribution in [0.15, 0.2) is 35.0 Å². The Hall–Kier alpha value is -1.61. The highest BCUT2D eigenvalue weighted by atomic mass is 35.5. The van der Waals surface area contributed by atoms with E-state index in [1.54, 1.807) is 19.1 Å². The summed E-state index contributed by atoms with van der Waals surface area (Å²) in [5.41, 5.74) is 2.06. The van der Waals surface area contributed by atoms with Crippen molar-refractivity contribution in [2.75, 3.05) is 0 Å². The Bertz CT molecular complexity index is 500. The van der Waals surface area contributed by atoms with E-state index in [1.165, 1.54) is 0 Å². The fraction of sp³-hybridized carbons (Fsp3) is 0.167. The van der Waals surface area contributed by atoms with Crippen molar-refractivity contribution >= 4 is 29.0 Å². The van der Waals surface area contributed by atoms with Gasteiger partial charge in [0.05, 0.1) is 0 Å². The van der Waals surface area contributed by atoms with Gasteiger partial charge in [0, 0.05) is 11.9 Å². The van der Waals surface area contributed by atoms with Crippen molar-refractivity contribution in [1.29, 1.82) is 0 Å². The van der Waals surface area contributed by atoms with Crippen LogP contribution in [0.25, 0.3) is 5.57 Å². The molecule has 0 radical (unpaired) electrons. The molecule has 3 nitrogen and oxygen atoms in total. The van der Waals surface area contributed by atoms with E-state index in [0.717, 1.165) is 11.1 Å². The van der Waals surface area contributed by atoms with Crippen LogP contribution in [-0.4, -0.2) is 11.9 Å². The lowest BCUT2D eigenvalue weighted by molar-refractivity contribution is -0.130. The average molecular weight is 236 g/mol. The summed E-state index contributed by atoms with van der Waals surface area (Å²) < 4.78 is 4.87. The first-order valence-corrected chi connectivity index (χ1v) is 5.20. The Labute approximate surface area is 98.4 Å². The van der Waals surface area contributed by atoms with Crippen molar-refractivity contribution in [3.05, 3.63) is 40.5 Å². The number of carbonyl (C=O) groups excluding carboxylic acids is 1. The first-order chi connectivity index (χ1) is 7.58. The lowest BCUT2D eigenvalue weighted by Gasteiger charge is -2.02. The Balaban J connectivity index is 2.45. The predicted molar refractivity (Wildman–Crippen MR) is 63.2 cm³/mol. The number of halogens is 1. The number of ether oxygens (including phenoxy) is 1. The van der Waals surface area contributed by atoms with Crippen LogP contribution in [0, 0.1) is 0 Å². The van der Waals surface area contributed by atoms with E-state index in [-0.39, 0.29) is 0 Å². The van der Waals surface area contributed by atoms with Gasteiger partial charge in [-0.1, -0.05) is 23.7 Å². The molecule has 0 aliphatic carbocycles. The second kappa shape index (κ2) is 4.10. The van der Waals surface area contributed by atoms with E-state index in [1.807, 2.05) is 19.1 Å². The number of carbonyl (C=O) groups is 1. The minimum Gasteiger partial charge on any atom is -0.407 e. The summed E-state index contributed by atoms with van der Waals surface area (Å²) in [6.45, 7) is 3.49. The molecule has 0 spiro atoms. The van der Waals surface area contributed by atoms with Gasteiger partial charge in [0.2, 0.25) is 0 Å². The first-order valence-electron chi connectivity index (χ1n) is 4.82. The minimum absolute atomic E-state index is 0.361. The van der Waals surface area contributed by atoms with Gasteiger partial charge in [0.15, 0.2) is 11.6 Å². The molecule has 0 aromatic heterocycles. The van der Waals surface area contributed by atoms with Gasteiger partial charge < -0.3 is 4.74 Å². The van der Waals surface area contributed by atoms with Crippen molar-refractivity contribution in [3.8, 4) is 0 Å². The van der Waals surface area contributed by atoms with Gasteiger partial charge in [-0.15, -0.1) is 0 Å². The molecular formula is C12H10ClNO2. The van der Waals surface area contributed by atoms with Gasteiger partial charge in [-0.2, -0.15) is 0 Å². The monoisotopic (exact) mass is 235 g/mol. The molecule has 0 N–H and O–H groups in total. The summed E-state index contributed by atoms with van der Waals surface area (Å²) in [4.78, 5) is 15.5. The van der Waals surface area contributed by atoms with Gasteiger partial charge >= 0.3 is 5.97 Å². The molecule has 1 aliphatic rings. The van der Waals surface area contributed by atoms with Gasteiger partial charge in [0.25, 0.3) is 0 Å². The summed E-state index contributed by atoms with van der Waals surface area (Å²) in [5.74, 6) is -0.0155. The topological polar surface area (TPSA) is 38.7 Å². The maximum Gasteiger partial charge on any atom is 0.363 e. The highest BCUT2D eigenvalue weighted by Gasteiger charge is 2.22. The molecular weight excluding hydrogens is 226 g/mol. The van der Waals surface area contributed by atoms with Crippen LogP contribution in [0.2, 0.25) is 5.02 Å². The molecule has 0 bridgehead atoms. The summed E-state index contributed by atoms with van der Waals surface area (Å²) in [6, 6.07) is 7.25. The molecule has 0 saturated carbocycles. The number of hydrogen-bond acceptors (Lipinski definition) is 3. The molecule has 0 fully saturated rings. The van der Waals surface area contributed by atoms with Crippen molar-refractivity contribution in [3.63, 3.8) is 0 Å². The number of hydrogen-bond donors (Lipinski definition) is 0. The lowest BCUT2D eigenvalue weighted by Crippen LogP contribution is -2.01. The Morgan fingerprint density at radius 3 is 2.44 bits per heavy atom. The molecule has 1 aromatic rings. The van der Waals surface area contributed by atoms with E-state index >= 15 is 0 Å². The van der Waals surface area contributed by atoms with Crippen molar-refractivity contribution in [1.82, 2.24) is 0 Å². The molecule has 1 aliphatic heterocycles. The van der Waals surface area contributed by atoms with Crippen LogP contribution in [0.5, 0.6) is 0 Å². The van der Waals surface area contributed by atoms with Crippen LogP contribution in [0.1, 0.15) is 19.4 Å². The number of allylic oxidation sites excluding steroid dienone is 1. The van der Waals surface area contributed by atoms with E-state index in [0.29, 0.717) is 16.6 Å². The van der Waals surface area contributed by atoms with Crippen LogP contribution in [0.3, 0.4) is 0 Å². The molecule has 0 atom stereocenters. The summed E-state index contributed by atoms with van der Waals surface area (Å²) >= 11 is 5.79. The number of rotatable bonds is 1. The van der Waals surface area contributed by atoms with Gasteiger partial charge in [-0.25, -0.2) is 9.79 Å². The van der Waals surface area contributed by atoms with Gasteiger partial charge in [-0.05, 0) is 30.2 Å². The third kappa shape index (κ3) is 1.99. The minimum atomic E-state index is -0.398. The first kappa shape index (κ1) is 10.9. The van der Waals surface area contributed by atoms with E-state index in [9.17, 15) is 4.79 Å². The average Bonchev–Trinajstić information content (AvgIpc) is 2.58. The number of aliphatic imine (C=N–C) groups is 1. The standard InChI is InChI=1S/C12H10ClNO2/c1-7(9-3-5-10(13)6-4-9)11-12(15)16-8(2)14-11/h3-6H,1-2H3/b11-7+. The fourth-order valence-electron chi connectivity index (χ4n) is 1.48. The van der Waals surface area contributed by atoms with Crippen LogP contribution >= 0.6 is 11.6 Å². The third-order valence-electron chi connectivity index (χ3n) is 2.34. The number of benzene rings is 1. The summed E-state index contributed by atoms with van der Waals surface area (Å²) in [6.07, 6.45) is 0. The predicted octanol–water partition coefficient (Wildman–Crippen LogP) is 3.05. The van der Waals surface area contributed by atoms with Crippen molar-refractivity contribution < 1.29 is 9.53 Å². The number of nitrogens with zero attached hydrogens (tertiary/aromatic N) is 1. The van der Waals surface area contributed by atoms with E-state index in [4.69, 9.17) is 16.3 Å². The molecule has 2 rings (SSSR count). The van der Waals surface area contributed by atoms with Crippen molar-refractivity contribution in [2.24, 2.45) is 4.99 Å². The summed E-state index contributed by atoms with van der Waals surface area (Å²) in [5, 5.41) is 0.662. The maximum absolute atomic E-state index is 11.4. The molecule has 1 aromatic carbocycles. The fourth-order valence-corrected chi connectivity index (χ4v) is 1.61. The molecule has 0 amide bonds. The second-order valence-corrected chi connectivity index (χ2v) is 3.94. The second-order valence-electron chi connectivity index (χ2n) is 3.50. The smallest absolute Gasteiger partial charge is 0.363 e. The third-order valence-corrected chi connectivity index (χ3v) is 2.59. The zero-order chi connectivity index (χ0) is 11.7. The lowest BCUT2D eigenvalue weighted by atomic mass is 10.1. The Morgan fingerprint density at radius 1 is 1.31 bits per heavy atom. The molecule has 0 unspecified atom stereocenters. The van der Waals surface area contributed by atoms with Crippen LogP contribution in [-0.2, 0) is 9.53 Å². The highest BCUT2D eigenvalue weighted by molar-refractivity contribution is 6.30. The van der Waals surface area contributed by atoms with E-state index in [2.05, 4.69) is 4.99 Å². The molecule has 82 valence electrons. The largest absolute Gasteiger partial charge is 0.407 e. The molecule has 1 heterocycles. The molecule has 4 heteroatoms. The molecule has 16 heavy (non-hydrogen) atoms. The Kier molecular flexibility index (Phi) is 2.79. The highest BCUT2D eigenvalue weighted by Crippen LogP contribution is 2.24.